The van der Waals surface area contributed by atoms with Gasteiger partial charge in [0.05, 0.1) is 38.6 Å². The van der Waals surface area contributed by atoms with Gasteiger partial charge >= 0.3 is 0 Å². The van der Waals surface area contributed by atoms with Gasteiger partial charge in [-0.3, -0.25) is 24.5 Å². The molecule has 0 amide bonds. The predicted octanol–water partition coefficient (Wildman–Crippen LogP) is 5.21. The minimum atomic E-state index is -4.17. The monoisotopic (exact) mass is 485 g/mol. The molecule has 0 N–H and O–H groups in total. The molecule has 0 unspecified atom stereocenters. The van der Waals surface area contributed by atoms with Crippen molar-refractivity contribution in [3.8, 4) is 0 Å². The third-order valence-electron chi connectivity index (χ3n) is 5.24. The average molecular weight is 486 g/mol. The summed E-state index contributed by atoms with van der Waals surface area (Å²) in [5.74, 6) is 0. The molecule has 0 bridgehead atoms. The molecule has 1 aliphatic rings. The highest BCUT2D eigenvalue weighted by molar-refractivity contribution is 7.92. The number of halogens is 1. The van der Waals surface area contributed by atoms with Gasteiger partial charge in [0.1, 0.15) is 0 Å². The molecule has 33 heavy (non-hydrogen) atoms. The first kappa shape index (κ1) is 22.4. The molecule has 0 spiro atoms. The lowest BCUT2D eigenvalue weighted by atomic mass is 10.0. The zero-order valence-corrected chi connectivity index (χ0v) is 18.7. The van der Waals surface area contributed by atoms with E-state index in [9.17, 15) is 28.6 Å². The summed E-state index contributed by atoms with van der Waals surface area (Å²) in [5.41, 5.74) is 0.415. The number of non-ortho nitro benzene ring substituents is 1. The maximum atomic E-state index is 13.5. The largest absolute Gasteiger partial charge is 0.285 e. The van der Waals surface area contributed by atoms with Crippen molar-refractivity contribution in [3.63, 3.8) is 0 Å². The Morgan fingerprint density at radius 2 is 1.67 bits per heavy atom. The molecule has 4 rings (SSSR count). The Morgan fingerprint density at radius 1 is 1.00 bits per heavy atom. The zero-order valence-electron chi connectivity index (χ0n) is 17.1. The molecule has 0 saturated carbocycles. The number of nitro benzene ring substituents is 2. The summed E-state index contributed by atoms with van der Waals surface area (Å²) >= 11 is 6.24. The van der Waals surface area contributed by atoms with E-state index in [2.05, 4.69) is 0 Å². The van der Waals surface area contributed by atoms with Crippen molar-refractivity contribution in [3.05, 3.63) is 103 Å². The highest BCUT2D eigenvalue weighted by atomic mass is 35.5. The highest BCUT2D eigenvalue weighted by Gasteiger charge is 2.40. The fourth-order valence-corrected chi connectivity index (χ4v) is 5.28. The van der Waals surface area contributed by atoms with E-state index >= 15 is 0 Å². The topological polar surface area (TPSA) is 124 Å². The first-order chi connectivity index (χ1) is 15.6. The molecule has 0 aliphatic carbocycles. The standard InChI is InChI=1S/C22H16ClN3O6S/c1-14-6-8-18(9-7-14)33(31,32)24-13-16(10-15-4-2-3-5-19(15)23)22-20(24)11-17(25(27)28)12-21(22)26(29)30/h2-12H,13H2,1H3. The summed E-state index contributed by atoms with van der Waals surface area (Å²) in [5, 5.41) is 23.6. The molecule has 11 heteroatoms. The number of anilines is 1. The van der Waals surface area contributed by atoms with Gasteiger partial charge in [-0.05, 0) is 42.3 Å². The van der Waals surface area contributed by atoms with Gasteiger partial charge < -0.3 is 0 Å². The Hall–Kier alpha value is -3.76. The van der Waals surface area contributed by atoms with Gasteiger partial charge in [-0.2, -0.15) is 0 Å². The third-order valence-corrected chi connectivity index (χ3v) is 7.35. The van der Waals surface area contributed by atoms with Crippen molar-refractivity contribution in [2.45, 2.75) is 11.8 Å². The van der Waals surface area contributed by atoms with Crippen molar-refractivity contribution in [2.24, 2.45) is 0 Å². The van der Waals surface area contributed by atoms with E-state index in [1.807, 2.05) is 0 Å². The van der Waals surface area contributed by atoms with E-state index in [1.54, 1.807) is 49.4 Å². The average Bonchev–Trinajstić information content (AvgIpc) is 3.14. The van der Waals surface area contributed by atoms with Gasteiger partial charge in [0.25, 0.3) is 21.4 Å². The highest BCUT2D eigenvalue weighted by Crippen LogP contribution is 2.47. The molecule has 0 aromatic heterocycles. The van der Waals surface area contributed by atoms with Gasteiger partial charge in [0.2, 0.25) is 0 Å². The quantitative estimate of drug-likeness (QED) is 0.360. The summed E-state index contributed by atoms with van der Waals surface area (Å²) in [4.78, 5) is 21.7. The Balaban J connectivity index is 1.99. The number of hydrogen-bond donors (Lipinski definition) is 0. The number of hydrogen-bond acceptors (Lipinski definition) is 6. The van der Waals surface area contributed by atoms with Gasteiger partial charge in [-0.15, -0.1) is 0 Å². The number of benzene rings is 3. The molecular formula is C22H16ClN3O6S. The van der Waals surface area contributed by atoms with Crippen LogP contribution in [0.3, 0.4) is 0 Å². The minimum absolute atomic E-state index is 0.00112. The van der Waals surface area contributed by atoms with E-state index in [4.69, 9.17) is 11.6 Å². The summed E-state index contributed by atoms with van der Waals surface area (Å²) < 4.78 is 27.9. The number of nitrogens with zero attached hydrogens (tertiary/aromatic N) is 3. The molecule has 1 aliphatic heterocycles. The minimum Gasteiger partial charge on any atom is -0.261 e. The second-order valence-corrected chi connectivity index (χ2v) is 9.66. The van der Waals surface area contributed by atoms with Gasteiger partial charge in [-0.1, -0.05) is 47.5 Å². The third kappa shape index (κ3) is 4.06. The van der Waals surface area contributed by atoms with Crippen LogP contribution in [0.1, 0.15) is 16.7 Å². The van der Waals surface area contributed by atoms with Gasteiger partial charge in [0.15, 0.2) is 0 Å². The molecule has 3 aromatic rings. The predicted molar refractivity (Wildman–Crippen MR) is 125 cm³/mol. The molecule has 3 aromatic carbocycles. The van der Waals surface area contributed by atoms with Crippen LogP contribution >= 0.6 is 11.6 Å². The summed E-state index contributed by atoms with van der Waals surface area (Å²) in [6, 6.07) is 14.7. The van der Waals surface area contributed by atoms with Gasteiger partial charge in [0, 0.05) is 11.1 Å². The second kappa shape index (κ2) is 8.30. The van der Waals surface area contributed by atoms with Crippen molar-refractivity contribution >= 4 is 50.3 Å². The normalized spacial score (nSPS) is 14.4. The van der Waals surface area contributed by atoms with Crippen LogP contribution in [-0.4, -0.2) is 24.8 Å². The summed E-state index contributed by atoms with van der Waals surface area (Å²) in [6.07, 6.45) is 1.56. The summed E-state index contributed by atoms with van der Waals surface area (Å²) in [7, 11) is -4.17. The molecule has 0 fully saturated rings. The number of aryl methyl sites for hydroxylation is 1. The number of fused-ring (bicyclic) bond motifs is 1. The van der Waals surface area contributed by atoms with Crippen LogP contribution in [0.15, 0.2) is 65.6 Å². The van der Waals surface area contributed by atoms with Crippen molar-refractivity contribution in [1.29, 1.82) is 0 Å². The van der Waals surface area contributed by atoms with Crippen LogP contribution in [0.25, 0.3) is 11.6 Å². The lowest BCUT2D eigenvalue weighted by molar-refractivity contribution is -0.394. The van der Waals surface area contributed by atoms with E-state index < -0.39 is 31.2 Å². The second-order valence-electron chi connectivity index (χ2n) is 7.39. The van der Waals surface area contributed by atoms with Crippen molar-refractivity contribution < 1.29 is 18.3 Å². The maximum absolute atomic E-state index is 13.5. The van der Waals surface area contributed by atoms with Crippen LogP contribution in [0.5, 0.6) is 0 Å². The van der Waals surface area contributed by atoms with E-state index in [0.29, 0.717) is 16.2 Å². The number of rotatable bonds is 5. The zero-order chi connectivity index (χ0) is 23.9. The van der Waals surface area contributed by atoms with Crippen LogP contribution < -0.4 is 4.31 Å². The Labute approximate surface area is 193 Å². The van der Waals surface area contributed by atoms with Crippen LogP contribution in [-0.2, 0) is 10.0 Å². The Kier molecular flexibility index (Phi) is 5.64. The van der Waals surface area contributed by atoms with Crippen molar-refractivity contribution in [2.75, 3.05) is 10.8 Å². The lowest BCUT2D eigenvalue weighted by Crippen LogP contribution is -2.29. The molecule has 0 atom stereocenters. The molecule has 168 valence electrons. The fourth-order valence-electron chi connectivity index (χ4n) is 3.64. The fraction of sp³-hybridized carbons (Fsp3) is 0.0909. The molecule has 0 saturated heterocycles. The Morgan fingerprint density at radius 3 is 2.27 bits per heavy atom. The first-order valence-electron chi connectivity index (χ1n) is 9.61. The van der Waals surface area contributed by atoms with Crippen LogP contribution in [0, 0.1) is 27.2 Å². The van der Waals surface area contributed by atoms with Crippen molar-refractivity contribution in [1.82, 2.24) is 0 Å². The van der Waals surface area contributed by atoms with E-state index in [1.165, 1.54) is 12.1 Å². The molecular weight excluding hydrogens is 470 g/mol. The van der Waals surface area contributed by atoms with E-state index in [-0.39, 0.29) is 22.7 Å². The first-order valence-corrected chi connectivity index (χ1v) is 11.4. The van der Waals surface area contributed by atoms with Crippen LogP contribution in [0.2, 0.25) is 5.02 Å². The van der Waals surface area contributed by atoms with E-state index in [0.717, 1.165) is 22.0 Å². The maximum Gasteiger partial charge on any atom is 0.285 e. The molecule has 1 heterocycles. The SMILES string of the molecule is Cc1ccc(S(=O)(=O)N2CC(=Cc3ccccc3Cl)c3c2cc([N+](=O)[O-])cc3[N+](=O)[O-])cc1. The smallest absolute Gasteiger partial charge is 0.261 e. The lowest BCUT2D eigenvalue weighted by Gasteiger charge is -2.19. The molecule has 0 radical (unpaired) electrons. The number of nitro groups is 2. The Bertz CT molecular complexity index is 1430. The molecule has 9 nitrogen and oxygen atoms in total. The van der Waals surface area contributed by atoms with Crippen LogP contribution in [0.4, 0.5) is 17.1 Å². The number of sulfonamides is 1. The van der Waals surface area contributed by atoms with Gasteiger partial charge in [-0.25, -0.2) is 8.42 Å². The summed E-state index contributed by atoms with van der Waals surface area (Å²) in [6.45, 7) is 1.55.